The Hall–Kier alpha value is -4.18. The molecule has 0 aliphatic heterocycles. The Morgan fingerprint density at radius 2 is 1.62 bits per heavy atom. The number of aliphatic hydroxyl groups excluding tert-OH is 1. The van der Waals surface area contributed by atoms with E-state index in [4.69, 9.17) is 9.47 Å². The number of unbranched alkanes of at least 4 members (excludes halogenated alkanes) is 2. The summed E-state index contributed by atoms with van der Waals surface area (Å²) in [7, 11) is 5.53. The number of aldehydes is 2. The number of benzene rings is 2. The second-order valence-corrected chi connectivity index (χ2v) is 9.66. The summed E-state index contributed by atoms with van der Waals surface area (Å²) in [4.78, 5) is 39.9. The van der Waals surface area contributed by atoms with Crippen molar-refractivity contribution in [1.82, 2.24) is 9.78 Å². The average molecular weight is 551 g/mol. The fraction of sp³-hybridized carbons (Fsp3) is 0.400. The first-order valence-corrected chi connectivity index (χ1v) is 13.3. The first-order valence-electron chi connectivity index (χ1n) is 13.3. The molecule has 1 aromatic heterocycles. The summed E-state index contributed by atoms with van der Waals surface area (Å²) in [5.41, 5.74) is 3.42. The van der Waals surface area contributed by atoms with E-state index in [1.807, 2.05) is 43.3 Å². The van der Waals surface area contributed by atoms with Crippen LogP contribution in [0, 0.1) is 0 Å². The maximum Gasteiger partial charge on any atom is 0.359 e. The van der Waals surface area contributed by atoms with Crippen LogP contribution < -0.4 is 14.5 Å². The van der Waals surface area contributed by atoms with E-state index in [1.165, 1.54) is 11.6 Å². The second-order valence-electron chi connectivity index (χ2n) is 9.66. The fourth-order valence-corrected chi connectivity index (χ4v) is 4.26. The van der Waals surface area contributed by atoms with Crippen molar-refractivity contribution in [3.05, 3.63) is 65.5 Å². The van der Waals surface area contributed by atoms with E-state index in [9.17, 15) is 19.5 Å². The van der Waals surface area contributed by atoms with Gasteiger partial charge in [-0.2, -0.15) is 5.10 Å². The summed E-state index contributed by atoms with van der Waals surface area (Å²) in [6.45, 7) is 2.71. The van der Waals surface area contributed by atoms with Crippen molar-refractivity contribution < 1.29 is 29.0 Å². The third kappa shape index (κ3) is 7.92. The van der Waals surface area contributed by atoms with Crippen LogP contribution in [0.4, 0.5) is 11.4 Å². The van der Waals surface area contributed by atoms with Crippen molar-refractivity contribution in [1.29, 1.82) is 0 Å². The van der Waals surface area contributed by atoms with Crippen molar-refractivity contribution in [2.75, 3.05) is 50.7 Å². The molecule has 1 atom stereocenters. The molecular weight excluding hydrogens is 512 g/mol. The first-order chi connectivity index (χ1) is 19.3. The van der Waals surface area contributed by atoms with E-state index >= 15 is 0 Å². The van der Waals surface area contributed by atoms with Crippen LogP contribution >= 0.6 is 0 Å². The van der Waals surface area contributed by atoms with Gasteiger partial charge in [-0.1, -0.05) is 0 Å². The van der Waals surface area contributed by atoms with Crippen molar-refractivity contribution >= 4 is 29.9 Å². The number of aliphatic hydroxyl groups is 1. The molecule has 0 amide bonds. The van der Waals surface area contributed by atoms with Crippen LogP contribution in [0.15, 0.2) is 48.5 Å². The summed E-state index contributed by atoms with van der Waals surface area (Å²) in [5, 5.41) is 14.0. The number of hydrogen-bond acceptors (Lipinski definition) is 9. The van der Waals surface area contributed by atoms with E-state index in [-0.39, 0.29) is 18.0 Å². The number of methoxy groups -OCH3 is 1. The van der Waals surface area contributed by atoms with Gasteiger partial charge < -0.3 is 29.2 Å². The molecule has 10 heteroatoms. The van der Waals surface area contributed by atoms with Gasteiger partial charge in [0.25, 0.3) is 0 Å². The Labute approximate surface area is 235 Å². The lowest BCUT2D eigenvalue weighted by molar-refractivity contribution is -0.107. The second kappa shape index (κ2) is 14.8. The number of carbonyl (C=O) groups is 3. The van der Waals surface area contributed by atoms with Gasteiger partial charge in [0.1, 0.15) is 24.3 Å². The van der Waals surface area contributed by atoms with Gasteiger partial charge in [-0.05, 0) is 74.7 Å². The molecule has 214 valence electrons. The van der Waals surface area contributed by atoms with Gasteiger partial charge in [-0.15, -0.1) is 0 Å². The number of rotatable bonds is 16. The normalized spacial score (nSPS) is 11.5. The summed E-state index contributed by atoms with van der Waals surface area (Å²) in [5.74, 6) is -0.0495. The maximum absolute atomic E-state index is 12.9. The number of likely N-dealkylation sites (N-methyl/N-ethyl adjacent to an activating group) is 1. The van der Waals surface area contributed by atoms with E-state index in [0.29, 0.717) is 42.7 Å². The number of anilines is 2. The zero-order valence-electron chi connectivity index (χ0n) is 23.6. The van der Waals surface area contributed by atoms with Gasteiger partial charge in [-0.3, -0.25) is 4.79 Å². The molecule has 0 aliphatic carbocycles. The molecule has 1 unspecified atom stereocenters. The van der Waals surface area contributed by atoms with Gasteiger partial charge >= 0.3 is 5.97 Å². The van der Waals surface area contributed by atoms with Crippen LogP contribution in [0.25, 0.3) is 5.69 Å². The molecule has 10 nitrogen and oxygen atoms in total. The largest absolute Gasteiger partial charge is 0.497 e. The molecule has 2 aromatic carbocycles. The number of carbonyl (C=O) groups excluding carboxylic acids is 3. The highest BCUT2D eigenvalue weighted by Gasteiger charge is 2.25. The molecule has 0 fully saturated rings. The molecular formula is C30H38N4O6. The monoisotopic (exact) mass is 550 g/mol. The van der Waals surface area contributed by atoms with Crippen LogP contribution in [0.5, 0.6) is 5.75 Å². The lowest BCUT2D eigenvalue weighted by Gasteiger charge is -2.22. The van der Waals surface area contributed by atoms with E-state index in [2.05, 4.69) is 10.00 Å². The van der Waals surface area contributed by atoms with Gasteiger partial charge in [0.05, 0.1) is 18.9 Å². The minimum absolute atomic E-state index is 0.0403. The van der Waals surface area contributed by atoms with E-state index in [1.54, 1.807) is 31.4 Å². The van der Waals surface area contributed by atoms with Gasteiger partial charge in [-0.25, -0.2) is 9.48 Å². The molecule has 0 spiro atoms. The third-order valence-corrected chi connectivity index (χ3v) is 6.59. The summed E-state index contributed by atoms with van der Waals surface area (Å²) >= 11 is 0. The molecule has 0 radical (unpaired) electrons. The zero-order chi connectivity index (χ0) is 29.1. The molecule has 3 rings (SSSR count). The number of hydrogen-bond donors (Lipinski definition) is 1. The molecule has 3 aromatic rings. The highest BCUT2D eigenvalue weighted by molar-refractivity contribution is 5.92. The number of ether oxygens (including phenoxy) is 2. The fourth-order valence-electron chi connectivity index (χ4n) is 4.26. The maximum atomic E-state index is 12.9. The zero-order valence-corrected chi connectivity index (χ0v) is 23.6. The summed E-state index contributed by atoms with van der Waals surface area (Å²) in [6, 6.07) is 15.1. The Kier molecular flexibility index (Phi) is 11.3. The number of esters is 1. The van der Waals surface area contributed by atoms with Crippen LogP contribution in [-0.4, -0.2) is 80.4 Å². The summed E-state index contributed by atoms with van der Waals surface area (Å²) < 4.78 is 11.9. The molecule has 0 bridgehead atoms. The predicted octanol–water partition coefficient (Wildman–Crippen LogP) is 3.72. The molecule has 0 aliphatic rings. The van der Waals surface area contributed by atoms with Crippen LogP contribution in [0.3, 0.4) is 0 Å². The molecule has 0 saturated carbocycles. The van der Waals surface area contributed by atoms with E-state index in [0.717, 1.165) is 37.0 Å². The first kappa shape index (κ1) is 30.4. The Morgan fingerprint density at radius 1 is 1.00 bits per heavy atom. The van der Waals surface area contributed by atoms with E-state index < -0.39 is 12.1 Å². The van der Waals surface area contributed by atoms with Crippen LogP contribution in [-0.2, 0) is 16.0 Å². The number of nitrogens with zero attached hydrogens (tertiary/aromatic N) is 4. The minimum Gasteiger partial charge on any atom is -0.497 e. The van der Waals surface area contributed by atoms with Crippen LogP contribution in [0.1, 0.15) is 52.7 Å². The Balaban J connectivity index is 1.80. The Morgan fingerprint density at radius 3 is 2.17 bits per heavy atom. The van der Waals surface area contributed by atoms with Crippen molar-refractivity contribution in [3.8, 4) is 11.4 Å². The smallest absolute Gasteiger partial charge is 0.359 e. The number of aromatic nitrogens is 2. The molecule has 40 heavy (non-hydrogen) atoms. The minimum atomic E-state index is -0.828. The Bertz CT molecular complexity index is 1250. The quantitative estimate of drug-likeness (QED) is 0.162. The standard InChI is InChI=1S/C30H38N4O6/c1-22(37)21-40-30(38)29-27(28(20-36)34(31-29)25-12-14-26(39-4)15-13-25)16-18-33(3)24-10-8-23(9-11-24)32(2)17-6-5-7-19-35/h8-15,19-20,22,37H,5-7,16-18,21H2,1-4H3. The molecule has 1 N–H and O–H groups in total. The van der Waals surface area contributed by atoms with Crippen molar-refractivity contribution in [2.45, 2.75) is 38.7 Å². The van der Waals surface area contributed by atoms with Gasteiger partial charge in [0.15, 0.2) is 12.0 Å². The molecule has 1 heterocycles. The third-order valence-electron chi connectivity index (χ3n) is 6.59. The van der Waals surface area contributed by atoms with Gasteiger partial charge in [0, 0.05) is 50.5 Å². The van der Waals surface area contributed by atoms with Gasteiger partial charge in [0.2, 0.25) is 0 Å². The molecule has 0 saturated heterocycles. The van der Waals surface area contributed by atoms with Crippen molar-refractivity contribution in [3.63, 3.8) is 0 Å². The lowest BCUT2D eigenvalue weighted by Crippen LogP contribution is -2.22. The average Bonchev–Trinajstić information content (AvgIpc) is 3.35. The summed E-state index contributed by atoms with van der Waals surface area (Å²) in [6.07, 6.45) is 3.58. The van der Waals surface area contributed by atoms with Crippen molar-refractivity contribution in [2.24, 2.45) is 0 Å². The predicted molar refractivity (Wildman–Crippen MR) is 154 cm³/mol. The highest BCUT2D eigenvalue weighted by atomic mass is 16.5. The SMILES string of the molecule is COc1ccc(-n2nc(C(=O)OCC(C)O)c(CCN(C)c3ccc(N(C)CCCCC=O)cc3)c2C=O)cc1. The van der Waals surface area contributed by atoms with Crippen LogP contribution in [0.2, 0.25) is 0 Å². The lowest BCUT2D eigenvalue weighted by atomic mass is 10.1. The topological polar surface area (TPSA) is 114 Å². The highest BCUT2D eigenvalue weighted by Crippen LogP contribution is 2.24.